The average Bonchev–Trinajstić information content (AvgIpc) is 2.75. The summed E-state index contributed by atoms with van der Waals surface area (Å²) >= 11 is 0. The number of nitrogens with one attached hydrogen (secondary N) is 1. The van der Waals surface area contributed by atoms with Gasteiger partial charge in [0.1, 0.15) is 29.9 Å². The predicted molar refractivity (Wildman–Crippen MR) is 125 cm³/mol. The van der Waals surface area contributed by atoms with Gasteiger partial charge in [0.05, 0.1) is 32.7 Å². The van der Waals surface area contributed by atoms with E-state index in [2.05, 4.69) is 19.2 Å². The molecule has 0 aromatic heterocycles. The highest BCUT2D eigenvalue weighted by Crippen LogP contribution is 2.35. The number of hydrogen-bond acceptors (Lipinski definition) is 6. The molecule has 0 heterocycles. The number of ether oxygens (including phenoxy) is 3. The third-order valence-electron chi connectivity index (χ3n) is 4.91. The van der Waals surface area contributed by atoms with Gasteiger partial charge in [-0.25, -0.2) is 8.42 Å². The monoisotopic (exact) mass is 464 g/mol. The second-order valence-corrected chi connectivity index (χ2v) is 9.46. The zero-order valence-corrected chi connectivity index (χ0v) is 20.2. The van der Waals surface area contributed by atoms with E-state index < -0.39 is 22.0 Å². The second-order valence-electron chi connectivity index (χ2n) is 7.60. The van der Waals surface area contributed by atoms with Crippen molar-refractivity contribution < 1.29 is 27.4 Å². The van der Waals surface area contributed by atoms with Gasteiger partial charge in [0.15, 0.2) is 0 Å². The first kappa shape index (κ1) is 25.3. The van der Waals surface area contributed by atoms with Crippen LogP contribution in [0.25, 0.3) is 0 Å². The molecule has 1 unspecified atom stereocenters. The number of anilines is 1. The highest BCUT2D eigenvalue weighted by Gasteiger charge is 2.31. The van der Waals surface area contributed by atoms with Crippen molar-refractivity contribution in [2.45, 2.75) is 32.7 Å². The lowest BCUT2D eigenvalue weighted by atomic mass is 10.0. The van der Waals surface area contributed by atoms with E-state index in [0.29, 0.717) is 17.4 Å². The molecule has 0 aliphatic rings. The van der Waals surface area contributed by atoms with Gasteiger partial charge in [-0.2, -0.15) is 0 Å². The first-order chi connectivity index (χ1) is 15.1. The Morgan fingerprint density at radius 2 is 1.72 bits per heavy atom. The molecule has 1 atom stereocenters. The Kier molecular flexibility index (Phi) is 8.77. The molecule has 176 valence electrons. The van der Waals surface area contributed by atoms with Gasteiger partial charge >= 0.3 is 0 Å². The van der Waals surface area contributed by atoms with E-state index in [4.69, 9.17) is 14.2 Å². The van der Waals surface area contributed by atoms with Crippen LogP contribution in [-0.2, 0) is 14.8 Å². The zero-order chi connectivity index (χ0) is 23.9. The Morgan fingerprint density at radius 1 is 1.03 bits per heavy atom. The lowest BCUT2D eigenvalue weighted by Crippen LogP contribution is -2.48. The summed E-state index contributed by atoms with van der Waals surface area (Å²) in [5.74, 6) is 1.37. The first-order valence-electron chi connectivity index (χ1n) is 10.3. The second kappa shape index (κ2) is 11.1. The SMILES string of the molecule is COc1ccc(OC)c(N(C(C)C(=O)NCCOc2ccccc2C(C)C)S(C)(=O)=O)c1. The van der Waals surface area contributed by atoms with Crippen LogP contribution in [0.4, 0.5) is 5.69 Å². The maximum absolute atomic E-state index is 12.8. The van der Waals surface area contributed by atoms with Crippen LogP contribution < -0.4 is 23.8 Å². The third kappa shape index (κ3) is 6.29. The number of rotatable bonds is 11. The van der Waals surface area contributed by atoms with Crippen molar-refractivity contribution in [3.8, 4) is 17.2 Å². The summed E-state index contributed by atoms with van der Waals surface area (Å²) < 4.78 is 42.6. The fraction of sp³-hybridized carbons (Fsp3) is 0.435. The molecule has 1 N–H and O–H groups in total. The molecule has 1 amide bonds. The topological polar surface area (TPSA) is 94.2 Å². The number of sulfonamides is 1. The van der Waals surface area contributed by atoms with E-state index >= 15 is 0 Å². The summed E-state index contributed by atoms with van der Waals surface area (Å²) in [4.78, 5) is 12.8. The summed E-state index contributed by atoms with van der Waals surface area (Å²) in [7, 11) is -0.893. The Bertz CT molecular complexity index is 1020. The molecule has 0 radical (unpaired) electrons. The van der Waals surface area contributed by atoms with Crippen molar-refractivity contribution in [3.05, 3.63) is 48.0 Å². The van der Waals surface area contributed by atoms with Gasteiger partial charge in [0, 0.05) is 6.07 Å². The Hall–Kier alpha value is -2.94. The van der Waals surface area contributed by atoms with Gasteiger partial charge in [-0.3, -0.25) is 9.10 Å². The molecule has 0 spiro atoms. The molecule has 0 aliphatic carbocycles. The van der Waals surface area contributed by atoms with E-state index in [1.54, 1.807) is 12.1 Å². The van der Waals surface area contributed by atoms with Crippen molar-refractivity contribution in [1.29, 1.82) is 0 Å². The normalized spacial score (nSPS) is 12.2. The van der Waals surface area contributed by atoms with E-state index in [1.807, 2.05) is 24.3 Å². The van der Waals surface area contributed by atoms with Crippen LogP contribution in [-0.4, -0.2) is 54.0 Å². The van der Waals surface area contributed by atoms with E-state index in [0.717, 1.165) is 21.9 Å². The summed E-state index contributed by atoms with van der Waals surface area (Å²) in [6, 6.07) is 11.5. The maximum atomic E-state index is 12.8. The summed E-state index contributed by atoms with van der Waals surface area (Å²) in [5, 5.41) is 2.75. The van der Waals surface area contributed by atoms with Gasteiger partial charge < -0.3 is 19.5 Å². The van der Waals surface area contributed by atoms with Gasteiger partial charge in [-0.15, -0.1) is 0 Å². The summed E-state index contributed by atoms with van der Waals surface area (Å²) in [5.41, 5.74) is 1.31. The number of amides is 1. The number of nitrogens with zero attached hydrogens (tertiary/aromatic N) is 1. The standard InChI is InChI=1S/C23H32N2O6S/c1-16(2)19-9-7-8-10-21(19)31-14-13-24-23(26)17(3)25(32(6,27)28)20-15-18(29-4)11-12-22(20)30-5/h7-12,15-17H,13-14H2,1-6H3,(H,24,26). The molecule has 9 heteroatoms. The Labute approximate surface area is 190 Å². The lowest BCUT2D eigenvalue weighted by Gasteiger charge is -2.29. The summed E-state index contributed by atoms with van der Waals surface area (Å²) in [6.07, 6.45) is 1.04. The minimum absolute atomic E-state index is 0.221. The number of carbonyl (C=O) groups excluding carboxylic acids is 1. The van der Waals surface area contributed by atoms with Crippen LogP contribution in [0.1, 0.15) is 32.3 Å². The van der Waals surface area contributed by atoms with Crippen molar-refractivity contribution in [2.75, 3.05) is 37.9 Å². The average molecular weight is 465 g/mol. The predicted octanol–water partition coefficient (Wildman–Crippen LogP) is 3.18. The third-order valence-corrected chi connectivity index (χ3v) is 6.14. The minimum Gasteiger partial charge on any atom is -0.497 e. The smallest absolute Gasteiger partial charge is 0.243 e. The van der Waals surface area contributed by atoms with Crippen LogP contribution in [0, 0.1) is 0 Å². The molecule has 0 fully saturated rings. The van der Waals surface area contributed by atoms with Crippen LogP contribution in [0.2, 0.25) is 0 Å². The number of para-hydroxylation sites is 1. The molecule has 2 aromatic carbocycles. The largest absolute Gasteiger partial charge is 0.497 e. The highest BCUT2D eigenvalue weighted by molar-refractivity contribution is 7.92. The molecule has 0 saturated heterocycles. The van der Waals surface area contributed by atoms with Gasteiger partial charge in [0.25, 0.3) is 0 Å². The van der Waals surface area contributed by atoms with Crippen LogP contribution in [0.15, 0.2) is 42.5 Å². The number of methoxy groups -OCH3 is 2. The fourth-order valence-corrected chi connectivity index (χ4v) is 4.49. The number of hydrogen-bond donors (Lipinski definition) is 1. The molecule has 0 bridgehead atoms. The molecule has 0 aliphatic heterocycles. The van der Waals surface area contributed by atoms with Crippen molar-refractivity contribution in [2.24, 2.45) is 0 Å². The molecular formula is C23H32N2O6S. The van der Waals surface area contributed by atoms with E-state index in [9.17, 15) is 13.2 Å². The van der Waals surface area contributed by atoms with Crippen molar-refractivity contribution >= 4 is 21.6 Å². The van der Waals surface area contributed by atoms with Gasteiger partial charge in [-0.1, -0.05) is 32.0 Å². The molecule has 32 heavy (non-hydrogen) atoms. The first-order valence-corrected chi connectivity index (χ1v) is 12.2. The number of carbonyl (C=O) groups is 1. The fourth-order valence-electron chi connectivity index (χ4n) is 3.32. The van der Waals surface area contributed by atoms with Crippen LogP contribution in [0.5, 0.6) is 17.2 Å². The van der Waals surface area contributed by atoms with Gasteiger partial charge in [0.2, 0.25) is 15.9 Å². The Balaban J connectivity index is 2.12. The zero-order valence-electron chi connectivity index (χ0n) is 19.4. The molecular weight excluding hydrogens is 432 g/mol. The highest BCUT2D eigenvalue weighted by atomic mass is 32.2. The minimum atomic E-state index is -3.80. The van der Waals surface area contributed by atoms with Gasteiger partial charge in [-0.05, 0) is 36.6 Å². The quantitative estimate of drug-likeness (QED) is 0.514. The molecule has 0 saturated carbocycles. The van der Waals surface area contributed by atoms with E-state index in [-0.39, 0.29) is 18.8 Å². The lowest BCUT2D eigenvalue weighted by molar-refractivity contribution is -0.121. The van der Waals surface area contributed by atoms with Crippen LogP contribution in [0.3, 0.4) is 0 Å². The van der Waals surface area contributed by atoms with Crippen LogP contribution >= 0.6 is 0 Å². The Morgan fingerprint density at radius 3 is 2.31 bits per heavy atom. The maximum Gasteiger partial charge on any atom is 0.243 e. The number of benzene rings is 2. The molecule has 8 nitrogen and oxygen atoms in total. The van der Waals surface area contributed by atoms with Crippen molar-refractivity contribution in [1.82, 2.24) is 5.32 Å². The van der Waals surface area contributed by atoms with Crippen molar-refractivity contribution in [3.63, 3.8) is 0 Å². The van der Waals surface area contributed by atoms with E-state index in [1.165, 1.54) is 27.2 Å². The molecule has 2 rings (SSSR count). The molecule has 2 aromatic rings. The summed E-state index contributed by atoms with van der Waals surface area (Å²) in [6.45, 7) is 6.16.